The first-order chi connectivity index (χ1) is 17.5. The number of alkyl halides is 3. The average Bonchev–Trinajstić information content (AvgIpc) is 3.24. The van der Waals surface area contributed by atoms with Gasteiger partial charge in [0.25, 0.3) is 11.5 Å². The molecule has 10 nitrogen and oxygen atoms in total. The fourth-order valence-corrected chi connectivity index (χ4v) is 3.63. The molecule has 198 valence electrons. The highest BCUT2D eigenvalue weighted by atomic mass is 19.4. The van der Waals surface area contributed by atoms with Gasteiger partial charge in [-0.1, -0.05) is 5.92 Å². The molecule has 0 radical (unpaired) electrons. The quantitative estimate of drug-likeness (QED) is 0.399. The molecule has 1 aliphatic heterocycles. The number of ether oxygens (including phenoxy) is 4. The van der Waals surface area contributed by atoms with Crippen molar-refractivity contribution in [1.29, 1.82) is 0 Å². The van der Waals surface area contributed by atoms with Gasteiger partial charge in [-0.15, -0.1) is 5.92 Å². The first-order valence-corrected chi connectivity index (χ1v) is 10.9. The minimum atomic E-state index is -5.18. The molecule has 0 spiro atoms. The van der Waals surface area contributed by atoms with Gasteiger partial charge < -0.3 is 18.9 Å². The summed E-state index contributed by atoms with van der Waals surface area (Å²) >= 11 is 0. The Morgan fingerprint density at radius 2 is 1.86 bits per heavy atom. The summed E-state index contributed by atoms with van der Waals surface area (Å²) in [6, 6.07) is 5.12. The van der Waals surface area contributed by atoms with Crippen LogP contribution in [0, 0.1) is 11.8 Å². The van der Waals surface area contributed by atoms with Gasteiger partial charge in [-0.25, -0.2) is 4.79 Å². The molecule has 1 aromatic heterocycles. The SMILES string of the molecule is CC#CCO[C@H]1C[C@H](n2cc(C(F)(F)F)c(=O)n(C(=O)c3ccc(OC)cc3)c2=O)O[C@@H]1COC(C)=O. The highest BCUT2D eigenvalue weighted by molar-refractivity contribution is 5.95. The fourth-order valence-electron chi connectivity index (χ4n) is 3.63. The number of hydrogen-bond donors (Lipinski definition) is 0. The van der Waals surface area contributed by atoms with Crippen molar-refractivity contribution >= 4 is 11.9 Å². The van der Waals surface area contributed by atoms with Gasteiger partial charge in [-0.2, -0.15) is 17.7 Å². The van der Waals surface area contributed by atoms with Crippen LogP contribution in [0.2, 0.25) is 0 Å². The third kappa shape index (κ3) is 6.28. The maximum Gasteiger partial charge on any atom is 0.423 e. The summed E-state index contributed by atoms with van der Waals surface area (Å²) in [4.78, 5) is 50.2. The van der Waals surface area contributed by atoms with Gasteiger partial charge in [-0.3, -0.25) is 19.0 Å². The van der Waals surface area contributed by atoms with E-state index in [-0.39, 0.29) is 29.8 Å². The molecule has 13 heteroatoms. The highest BCUT2D eigenvalue weighted by Gasteiger charge is 2.42. The number of carbonyl (C=O) groups excluding carboxylic acids is 2. The van der Waals surface area contributed by atoms with Crippen LogP contribution in [0.25, 0.3) is 0 Å². The summed E-state index contributed by atoms with van der Waals surface area (Å²) in [6.45, 7) is 2.38. The third-order valence-electron chi connectivity index (χ3n) is 5.45. The average molecular weight is 524 g/mol. The monoisotopic (exact) mass is 524 g/mol. The molecule has 1 aromatic carbocycles. The lowest BCUT2D eigenvalue weighted by Gasteiger charge is -2.19. The number of aromatic nitrogens is 2. The smallest absolute Gasteiger partial charge is 0.423 e. The Morgan fingerprint density at radius 3 is 2.43 bits per heavy atom. The van der Waals surface area contributed by atoms with E-state index in [4.69, 9.17) is 18.9 Å². The van der Waals surface area contributed by atoms with Gasteiger partial charge in [0.05, 0.1) is 13.2 Å². The first-order valence-electron chi connectivity index (χ1n) is 10.9. The molecule has 1 aliphatic rings. The van der Waals surface area contributed by atoms with Crippen LogP contribution < -0.4 is 16.0 Å². The van der Waals surface area contributed by atoms with Crippen LogP contribution in [-0.4, -0.2) is 53.5 Å². The molecule has 2 heterocycles. The summed E-state index contributed by atoms with van der Waals surface area (Å²) in [5, 5.41) is 0. The van der Waals surface area contributed by atoms with Crippen molar-refractivity contribution in [2.24, 2.45) is 0 Å². The maximum atomic E-state index is 13.8. The lowest BCUT2D eigenvalue weighted by atomic mass is 10.2. The van der Waals surface area contributed by atoms with Crippen molar-refractivity contribution in [2.75, 3.05) is 20.3 Å². The Hall–Kier alpha value is -3.89. The van der Waals surface area contributed by atoms with Gasteiger partial charge >= 0.3 is 17.8 Å². The minimum Gasteiger partial charge on any atom is -0.497 e. The lowest BCUT2D eigenvalue weighted by Crippen LogP contribution is -2.47. The van der Waals surface area contributed by atoms with Crippen LogP contribution in [-0.2, 0) is 25.2 Å². The summed E-state index contributed by atoms with van der Waals surface area (Å²) in [5.41, 5.74) is -5.13. The standard InChI is InChI=1S/C24H23F3N2O8/c1-4-5-10-35-18-11-20(37-19(18)13-36-14(2)30)28-12-17(24(25,26)27)22(32)29(23(28)33)21(31)15-6-8-16(34-3)9-7-15/h6-9,12,18-20H,10-11,13H2,1-3H3/t18-,19+,20+/m0/s1. The van der Waals surface area contributed by atoms with Gasteiger partial charge in [-0.05, 0) is 31.2 Å². The van der Waals surface area contributed by atoms with Crippen LogP contribution in [0.3, 0.4) is 0 Å². The van der Waals surface area contributed by atoms with Crippen molar-refractivity contribution in [3.63, 3.8) is 0 Å². The van der Waals surface area contributed by atoms with Crippen LogP contribution >= 0.6 is 0 Å². The number of benzene rings is 1. The summed E-state index contributed by atoms with van der Waals surface area (Å²) in [7, 11) is 1.37. The number of carbonyl (C=O) groups is 2. The van der Waals surface area contributed by atoms with Gasteiger partial charge in [0.15, 0.2) is 0 Å². The van der Waals surface area contributed by atoms with Crippen molar-refractivity contribution in [3.8, 4) is 17.6 Å². The summed E-state index contributed by atoms with van der Waals surface area (Å²) < 4.78 is 62.9. The zero-order valence-corrected chi connectivity index (χ0v) is 20.0. The molecule has 0 aliphatic carbocycles. The molecular weight excluding hydrogens is 501 g/mol. The zero-order valence-electron chi connectivity index (χ0n) is 20.0. The molecular formula is C24H23F3N2O8. The number of esters is 1. The molecule has 0 amide bonds. The Bertz CT molecular complexity index is 1340. The Labute approximate surface area is 208 Å². The van der Waals surface area contributed by atoms with Crippen molar-refractivity contribution in [3.05, 3.63) is 62.4 Å². The van der Waals surface area contributed by atoms with Crippen LogP contribution in [0.4, 0.5) is 13.2 Å². The minimum absolute atomic E-state index is 0.0496. The number of hydrogen-bond acceptors (Lipinski definition) is 8. The van der Waals surface area contributed by atoms with E-state index in [0.29, 0.717) is 16.5 Å². The molecule has 3 atom stereocenters. The largest absolute Gasteiger partial charge is 0.497 e. The molecule has 1 fully saturated rings. The van der Waals surface area contributed by atoms with Crippen molar-refractivity contribution in [1.82, 2.24) is 9.13 Å². The van der Waals surface area contributed by atoms with E-state index in [9.17, 15) is 32.3 Å². The highest BCUT2D eigenvalue weighted by Crippen LogP contribution is 2.32. The zero-order chi connectivity index (χ0) is 27.3. The first kappa shape index (κ1) is 27.7. The van der Waals surface area contributed by atoms with E-state index in [1.807, 2.05) is 0 Å². The second-order valence-corrected chi connectivity index (χ2v) is 7.85. The van der Waals surface area contributed by atoms with Crippen LogP contribution in [0.5, 0.6) is 5.75 Å². The van der Waals surface area contributed by atoms with E-state index in [1.165, 1.54) is 31.4 Å². The molecule has 1 saturated heterocycles. The van der Waals surface area contributed by atoms with Gasteiger partial charge in [0.1, 0.15) is 36.9 Å². The molecule has 0 bridgehead atoms. The van der Waals surface area contributed by atoms with E-state index >= 15 is 0 Å². The number of methoxy groups -OCH3 is 1. The van der Waals surface area contributed by atoms with E-state index in [2.05, 4.69) is 11.8 Å². The number of halogens is 3. The van der Waals surface area contributed by atoms with E-state index in [1.54, 1.807) is 6.92 Å². The summed E-state index contributed by atoms with van der Waals surface area (Å²) in [6.07, 6.45) is -8.16. The third-order valence-corrected chi connectivity index (χ3v) is 5.45. The normalized spacial score (nSPS) is 19.1. The molecule has 0 saturated carbocycles. The maximum absolute atomic E-state index is 13.8. The fraction of sp³-hybridized carbons (Fsp3) is 0.417. The number of rotatable bonds is 7. The predicted octanol–water partition coefficient (Wildman–Crippen LogP) is 1.98. The molecule has 37 heavy (non-hydrogen) atoms. The van der Waals surface area contributed by atoms with E-state index < -0.39 is 53.3 Å². The lowest BCUT2D eigenvalue weighted by molar-refractivity contribution is -0.148. The predicted molar refractivity (Wildman–Crippen MR) is 121 cm³/mol. The molecule has 0 N–H and O–H groups in total. The molecule has 0 unspecified atom stereocenters. The Kier molecular flexibility index (Phi) is 8.57. The van der Waals surface area contributed by atoms with Gasteiger partial charge in [0, 0.05) is 25.1 Å². The van der Waals surface area contributed by atoms with Gasteiger partial charge in [0.2, 0.25) is 0 Å². The summed E-state index contributed by atoms with van der Waals surface area (Å²) in [5.74, 6) is 3.73. The van der Waals surface area contributed by atoms with E-state index in [0.717, 1.165) is 6.92 Å². The van der Waals surface area contributed by atoms with Crippen LogP contribution in [0.15, 0.2) is 40.1 Å². The topological polar surface area (TPSA) is 115 Å². The molecule has 2 aromatic rings. The van der Waals surface area contributed by atoms with Crippen LogP contribution in [0.1, 0.15) is 42.4 Å². The number of nitrogens with zero attached hydrogens (tertiary/aromatic N) is 2. The molecule has 3 rings (SSSR count). The Balaban J connectivity index is 2.08. The Morgan fingerprint density at radius 1 is 1.19 bits per heavy atom. The second kappa shape index (κ2) is 11.4. The van der Waals surface area contributed by atoms with Crippen molar-refractivity contribution in [2.45, 2.75) is 44.9 Å². The second-order valence-electron chi connectivity index (χ2n) is 7.85. The van der Waals surface area contributed by atoms with Crippen molar-refractivity contribution < 1.29 is 41.7 Å².